The van der Waals surface area contributed by atoms with Crippen LogP contribution in [0.3, 0.4) is 0 Å². The van der Waals surface area contributed by atoms with Crippen molar-refractivity contribution in [2.45, 2.75) is 4.90 Å². The fourth-order valence-electron chi connectivity index (χ4n) is 1.60. The van der Waals surface area contributed by atoms with E-state index in [1.807, 2.05) is 0 Å². The first-order valence-electron chi connectivity index (χ1n) is 5.32. The van der Waals surface area contributed by atoms with Gasteiger partial charge >= 0.3 is 0 Å². The van der Waals surface area contributed by atoms with Gasteiger partial charge in [0, 0.05) is 9.50 Å². The fourth-order valence-corrected chi connectivity index (χ4v) is 4.81. The summed E-state index contributed by atoms with van der Waals surface area (Å²) in [6.07, 6.45) is 0. The quantitative estimate of drug-likeness (QED) is 0.709. The van der Waals surface area contributed by atoms with Crippen LogP contribution < -0.4 is 4.72 Å². The zero-order chi connectivity index (χ0) is 15.8. The minimum atomic E-state index is -4.08. The Morgan fingerprint density at radius 2 is 1.57 bits per heavy atom. The molecule has 0 amide bonds. The summed E-state index contributed by atoms with van der Waals surface area (Å²) < 4.78 is 40.6. The van der Waals surface area contributed by atoms with Crippen LogP contribution in [0.15, 0.2) is 39.7 Å². The van der Waals surface area contributed by atoms with E-state index in [-0.39, 0.29) is 25.7 Å². The second-order valence-corrected chi connectivity index (χ2v) is 7.75. The van der Waals surface area contributed by atoms with Crippen LogP contribution >= 0.6 is 50.7 Å². The summed E-state index contributed by atoms with van der Waals surface area (Å²) in [7, 11) is -4.08. The molecule has 112 valence electrons. The van der Waals surface area contributed by atoms with Gasteiger partial charge in [-0.2, -0.15) is 0 Å². The zero-order valence-corrected chi connectivity index (χ0v) is 14.7. The number of hydrogen-bond donors (Lipinski definition) is 1. The summed E-state index contributed by atoms with van der Waals surface area (Å²) in [5, 5.41) is -0.0746. The van der Waals surface area contributed by atoms with E-state index in [1.54, 1.807) is 0 Å². The van der Waals surface area contributed by atoms with Crippen molar-refractivity contribution >= 4 is 66.4 Å². The first-order valence-corrected chi connectivity index (χ1v) is 8.73. The SMILES string of the molecule is O=S(=O)(Nc1cc(F)cc(Cl)c1)c1c(Cl)cc(Br)cc1Cl. The van der Waals surface area contributed by atoms with E-state index in [2.05, 4.69) is 20.7 Å². The molecule has 0 saturated carbocycles. The van der Waals surface area contributed by atoms with Crippen LogP contribution in [0.5, 0.6) is 0 Å². The van der Waals surface area contributed by atoms with Gasteiger partial charge in [0.2, 0.25) is 0 Å². The lowest BCUT2D eigenvalue weighted by Gasteiger charge is -2.12. The topological polar surface area (TPSA) is 46.2 Å². The van der Waals surface area contributed by atoms with Gasteiger partial charge in [-0.1, -0.05) is 50.7 Å². The number of sulfonamides is 1. The first kappa shape index (κ1) is 16.8. The van der Waals surface area contributed by atoms with Gasteiger partial charge in [-0.05, 0) is 30.3 Å². The van der Waals surface area contributed by atoms with E-state index in [9.17, 15) is 12.8 Å². The van der Waals surface area contributed by atoms with Crippen LogP contribution in [-0.4, -0.2) is 8.42 Å². The molecule has 0 fully saturated rings. The number of nitrogens with one attached hydrogen (secondary N) is 1. The van der Waals surface area contributed by atoms with Crippen molar-refractivity contribution in [3.63, 3.8) is 0 Å². The second kappa shape index (κ2) is 6.30. The minimum absolute atomic E-state index is 0.0324. The third-order valence-corrected chi connectivity index (χ3v) is 5.32. The van der Waals surface area contributed by atoms with Crippen molar-refractivity contribution in [1.29, 1.82) is 0 Å². The lowest BCUT2D eigenvalue weighted by molar-refractivity contribution is 0.601. The van der Waals surface area contributed by atoms with Gasteiger partial charge < -0.3 is 0 Å². The van der Waals surface area contributed by atoms with E-state index < -0.39 is 15.8 Å². The Labute approximate surface area is 144 Å². The van der Waals surface area contributed by atoms with Crippen LogP contribution in [0.4, 0.5) is 10.1 Å². The van der Waals surface area contributed by atoms with Gasteiger partial charge in [-0.25, -0.2) is 12.8 Å². The fraction of sp³-hybridized carbons (Fsp3) is 0. The van der Waals surface area contributed by atoms with Crippen molar-refractivity contribution in [2.75, 3.05) is 4.72 Å². The molecular formula is C12H6BrCl3FNO2S. The summed E-state index contributed by atoms with van der Waals surface area (Å²) in [6, 6.07) is 6.09. The van der Waals surface area contributed by atoms with Gasteiger partial charge in [-0.15, -0.1) is 0 Å². The normalized spacial score (nSPS) is 11.5. The molecule has 0 heterocycles. The van der Waals surface area contributed by atoms with Crippen molar-refractivity contribution in [3.8, 4) is 0 Å². The van der Waals surface area contributed by atoms with Crippen LogP contribution in [0, 0.1) is 5.82 Å². The monoisotopic (exact) mass is 431 g/mol. The maximum Gasteiger partial charge on any atom is 0.264 e. The Morgan fingerprint density at radius 3 is 2.10 bits per heavy atom. The number of halogens is 5. The Kier molecular flexibility index (Phi) is 5.05. The predicted molar refractivity (Wildman–Crippen MR) is 86.4 cm³/mol. The van der Waals surface area contributed by atoms with Crippen LogP contribution in [-0.2, 0) is 10.0 Å². The highest BCUT2D eigenvalue weighted by Gasteiger charge is 2.23. The predicted octanol–water partition coefficient (Wildman–Crippen LogP) is 5.35. The lowest BCUT2D eigenvalue weighted by atomic mass is 10.3. The summed E-state index contributed by atoms with van der Waals surface area (Å²) in [4.78, 5) is -0.297. The Hall–Kier alpha value is -0.530. The molecule has 0 atom stereocenters. The summed E-state index contributed by atoms with van der Waals surface area (Å²) >= 11 is 20.7. The maximum atomic E-state index is 13.2. The highest BCUT2D eigenvalue weighted by molar-refractivity contribution is 9.10. The molecule has 0 radical (unpaired) electrons. The molecule has 0 aromatic heterocycles. The second-order valence-electron chi connectivity index (χ2n) is 3.96. The molecule has 2 aromatic rings. The Morgan fingerprint density at radius 1 is 1.00 bits per heavy atom. The van der Waals surface area contributed by atoms with Crippen molar-refractivity contribution in [2.24, 2.45) is 0 Å². The van der Waals surface area contributed by atoms with E-state index in [0.717, 1.165) is 12.1 Å². The van der Waals surface area contributed by atoms with Gasteiger partial charge in [0.15, 0.2) is 0 Å². The molecule has 0 aliphatic heterocycles. The molecule has 21 heavy (non-hydrogen) atoms. The van der Waals surface area contributed by atoms with Crippen molar-refractivity contribution in [3.05, 3.63) is 55.7 Å². The van der Waals surface area contributed by atoms with E-state index >= 15 is 0 Å². The lowest BCUT2D eigenvalue weighted by Crippen LogP contribution is -2.14. The maximum absolute atomic E-state index is 13.2. The smallest absolute Gasteiger partial charge is 0.264 e. The summed E-state index contributed by atoms with van der Waals surface area (Å²) in [5.74, 6) is -0.673. The average molecular weight is 434 g/mol. The minimum Gasteiger partial charge on any atom is -0.279 e. The molecule has 0 bridgehead atoms. The standard InChI is InChI=1S/C12H6BrCl3FNO2S/c13-6-1-10(15)12(11(16)2-6)21(19,20)18-9-4-7(14)3-8(17)5-9/h1-5,18H. The van der Waals surface area contributed by atoms with E-state index in [1.165, 1.54) is 18.2 Å². The Balaban J connectivity index is 2.48. The highest BCUT2D eigenvalue weighted by Crippen LogP contribution is 2.34. The Bertz CT molecular complexity index is 771. The third kappa shape index (κ3) is 4.02. The molecule has 0 aliphatic rings. The van der Waals surface area contributed by atoms with Gasteiger partial charge in [0.1, 0.15) is 10.7 Å². The van der Waals surface area contributed by atoms with Crippen LogP contribution in [0.1, 0.15) is 0 Å². The molecule has 2 rings (SSSR count). The number of anilines is 1. The van der Waals surface area contributed by atoms with Crippen molar-refractivity contribution in [1.82, 2.24) is 0 Å². The average Bonchev–Trinajstić information content (AvgIpc) is 2.23. The molecule has 1 N–H and O–H groups in total. The van der Waals surface area contributed by atoms with E-state index in [0.29, 0.717) is 4.47 Å². The number of hydrogen-bond acceptors (Lipinski definition) is 2. The van der Waals surface area contributed by atoms with Crippen LogP contribution in [0.2, 0.25) is 15.1 Å². The molecule has 2 aromatic carbocycles. The molecular weight excluding hydrogens is 427 g/mol. The molecule has 3 nitrogen and oxygen atoms in total. The molecule has 0 spiro atoms. The molecule has 0 saturated heterocycles. The number of benzene rings is 2. The molecule has 0 unspecified atom stereocenters. The largest absolute Gasteiger partial charge is 0.279 e. The number of rotatable bonds is 3. The highest BCUT2D eigenvalue weighted by atomic mass is 79.9. The first-order chi connectivity index (χ1) is 9.69. The van der Waals surface area contributed by atoms with Gasteiger partial charge in [0.05, 0.1) is 15.7 Å². The van der Waals surface area contributed by atoms with Gasteiger partial charge in [0.25, 0.3) is 10.0 Å². The van der Waals surface area contributed by atoms with E-state index in [4.69, 9.17) is 34.8 Å². The van der Waals surface area contributed by atoms with Gasteiger partial charge in [-0.3, -0.25) is 4.72 Å². The molecule has 0 aliphatic carbocycles. The molecule has 9 heteroatoms. The third-order valence-electron chi connectivity index (χ3n) is 2.35. The van der Waals surface area contributed by atoms with Crippen molar-refractivity contribution < 1.29 is 12.8 Å². The summed E-state index contributed by atoms with van der Waals surface area (Å²) in [6.45, 7) is 0. The zero-order valence-electron chi connectivity index (χ0n) is 10.0. The summed E-state index contributed by atoms with van der Waals surface area (Å²) in [5.41, 5.74) is -0.0324. The van der Waals surface area contributed by atoms with Crippen LogP contribution in [0.25, 0.3) is 0 Å².